The van der Waals surface area contributed by atoms with E-state index in [0.717, 1.165) is 17.7 Å². The van der Waals surface area contributed by atoms with Crippen molar-refractivity contribution in [3.8, 4) is 11.8 Å². The summed E-state index contributed by atoms with van der Waals surface area (Å²) < 4.78 is 44.8. The number of carbonyl (C=O) groups is 1. The molecule has 2 aromatic carbocycles. The van der Waals surface area contributed by atoms with Crippen molar-refractivity contribution in [3.05, 3.63) is 65.2 Å². The molecule has 0 bridgehead atoms. The van der Waals surface area contributed by atoms with Crippen molar-refractivity contribution in [2.75, 3.05) is 0 Å². The second-order valence-corrected chi connectivity index (χ2v) is 6.30. The van der Waals surface area contributed by atoms with Crippen LogP contribution in [-0.2, 0) is 17.5 Å². The van der Waals surface area contributed by atoms with Gasteiger partial charge < -0.3 is 10.1 Å². The average molecular weight is 376 g/mol. The number of halogens is 3. The van der Waals surface area contributed by atoms with Crippen molar-refractivity contribution in [1.82, 2.24) is 5.32 Å². The van der Waals surface area contributed by atoms with Crippen molar-refractivity contribution in [1.29, 1.82) is 5.26 Å². The quantitative estimate of drug-likeness (QED) is 0.818. The highest BCUT2D eigenvalue weighted by Crippen LogP contribution is 2.34. The molecule has 2 rings (SSSR count). The van der Waals surface area contributed by atoms with Crippen LogP contribution in [0.2, 0.25) is 0 Å². The Balaban J connectivity index is 2.16. The normalized spacial score (nSPS) is 12.3. The summed E-state index contributed by atoms with van der Waals surface area (Å²) in [5.74, 6) is -0.813. The van der Waals surface area contributed by atoms with Crippen LogP contribution < -0.4 is 10.1 Å². The Morgan fingerprint density at radius 2 is 1.85 bits per heavy atom. The van der Waals surface area contributed by atoms with Gasteiger partial charge in [0.25, 0.3) is 5.91 Å². The van der Waals surface area contributed by atoms with Crippen molar-refractivity contribution in [2.24, 2.45) is 5.92 Å². The average Bonchev–Trinajstić information content (AvgIpc) is 2.64. The van der Waals surface area contributed by atoms with Gasteiger partial charge in [-0.1, -0.05) is 44.2 Å². The van der Waals surface area contributed by atoms with Crippen LogP contribution in [0.25, 0.3) is 0 Å². The van der Waals surface area contributed by atoms with E-state index in [0.29, 0.717) is 0 Å². The number of nitrogens with zero attached hydrogens (tertiary/aromatic N) is 1. The molecule has 7 heteroatoms. The van der Waals surface area contributed by atoms with Crippen LogP contribution in [0.1, 0.15) is 30.5 Å². The lowest BCUT2D eigenvalue weighted by Gasteiger charge is -2.22. The Morgan fingerprint density at radius 1 is 1.19 bits per heavy atom. The molecule has 0 saturated carbocycles. The van der Waals surface area contributed by atoms with Gasteiger partial charge in [-0.3, -0.25) is 4.79 Å². The molecule has 1 amide bonds. The first kappa shape index (κ1) is 20.3. The monoisotopic (exact) mass is 376 g/mol. The van der Waals surface area contributed by atoms with Gasteiger partial charge in [0.2, 0.25) is 0 Å². The largest absolute Gasteiger partial charge is 0.480 e. The molecular formula is C20H19F3N2O2. The maximum absolute atomic E-state index is 13.1. The summed E-state index contributed by atoms with van der Waals surface area (Å²) in [5.41, 5.74) is -0.690. The lowest BCUT2D eigenvalue weighted by Crippen LogP contribution is -2.41. The summed E-state index contributed by atoms with van der Waals surface area (Å²) >= 11 is 0. The fourth-order valence-corrected chi connectivity index (χ4v) is 2.45. The summed E-state index contributed by atoms with van der Waals surface area (Å²) in [5, 5.41) is 11.6. The molecule has 4 nitrogen and oxygen atoms in total. The van der Waals surface area contributed by atoms with Crippen LogP contribution in [0.3, 0.4) is 0 Å². The molecule has 0 saturated heterocycles. The van der Waals surface area contributed by atoms with Gasteiger partial charge >= 0.3 is 6.18 Å². The summed E-state index contributed by atoms with van der Waals surface area (Å²) in [6.45, 7) is 3.76. The highest BCUT2D eigenvalue weighted by molar-refractivity contribution is 5.81. The molecule has 0 aliphatic carbocycles. The third kappa shape index (κ3) is 5.48. The Morgan fingerprint density at radius 3 is 2.41 bits per heavy atom. The molecule has 0 aliphatic heterocycles. The van der Waals surface area contributed by atoms with E-state index in [1.807, 2.05) is 30.3 Å². The molecule has 1 atom stereocenters. The van der Waals surface area contributed by atoms with Gasteiger partial charge in [0, 0.05) is 6.54 Å². The minimum atomic E-state index is -4.69. The summed E-state index contributed by atoms with van der Waals surface area (Å²) in [4.78, 5) is 12.5. The standard InChI is InChI=1S/C20H19F3N2O2/c1-13(2)18(19(26)25-12-14-6-4-3-5-7-14)27-16-9-8-15(11-24)17(10-16)20(21,22)23/h3-10,13,18H,12H2,1-2H3,(H,25,26). The van der Waals surface area contributed by atoms with E-state index in [1.165, 1.54) is 12.1 Å². The number of nitrogens with one attached hydrogen (secondary N) is 1. The molecule has 1 unspecified atom stereocenters. The summed E-state index contributed by atoms with van der Waals surface area (Å²) in [6, 6.07) is 13.8. The number of benzene rings is 2. The van der Waals surface area contributed by atoms with Gasteiger partial charge in [0.15, 0.2) is 6.10 Å². The third-order valence-corrected chi connectivity index (χ3v) is 3.85. The van der Waals surface area contributed by atoms with E-state index in [2.05, 4.69) is 5.32 Å². The fraction of sp³-hybridized carbons (Fsp3) is 0.300. The summed E-state index contributed by atoms with van der Waals surface area (Å²) in [6.07, 6.45) is -5.66. The Kier molecular flexibility index (Phi) is 6.45. The van der Waals surface area contributed by atoms with Crippen LogP contribution in [0.5, 0.6) is 5.75 Å². The number of ether oxygens (including phenoxy) is 1. The number of alkyl halides is 3. The zero-order valence-corrected chi connectivity index (χ0v) is 14.9. The van der Waals surface area contributed by atoms with E-state index in [9.17, 15) is 18.0 Å². The third-order valence-electron chi connectivity index (χ3n) is 3.85. The molecule has 0 heterocycles. The van der Waals surface area contributed by atoms with Crippen LogP contribution in [0, 0.1) is 17.2 Å². The number of amides is 1. The zero-order valence-electron chi connectivity index (χ0n) is 14.9. The van der Waals surface area contributed by atoms with Gasteiger partial charge in [-0.05, 0) is 29.7 Å². The molecule has 0 aliphatic rings. The first-order valence-electron chi connectivity index (χ1n) is 8.32. The maximum Gasteiger partial charge on any atom is 0.417 e. The van der Waals surface area contributed by atoms with E-state index < -0.39 is 29.3 Å². The molecule has 1 N–H and O–H groups in total. The number of nitriles is 1. The predicted molar refractivity (Wildman–Crippen MR) is 93.7 cm³/mol. The zero-order chi connectivity index (χ0) is 20.0. The minimum absolute atomic E-state index is 0.116. The topological polar surface area (TPSA) is 62.1 Å². The van der Waals surface area contributed by atoms with Crippen LogP contribution in [0.15, 0.2) is 48.5 Å². The highest BCUT2D eigenvalue weighted by atomic mass is 19.4. The smallest absolute Gasteiger partial charge is 0.417 e. The van der Waals surface area contributed by atoms with Crippen molar-refractivity contribution in [3.63, 3.8) is 0 Å². The van der Waals surface area contributed by atoms with Gasteiger partial charge in [-0.15, -0.1) is 0 Å². The van der Waals surface area contributed by atoms with Crippen LogP contribution in [0.4, 0.5) is 13.2 Å². The molecular weight excluding hydrogens is 357 g/mol. The molecule has 2 aromatic rings. The van der Waals surface area contributed by atoms with Gasteiger partial charge in [0.05, 0.1) is 17.2 Å². The first-order valence-corrected chi connectivity index (χ1v) is 8.32. The first-order chi connectivity index (χ1) is 12.7. The molecule has 0 aromatic heterocycles. The Hall–Kier alpha value is -3.01. The van der Waals surface area contributed by atoms with E-state index in [1.54, 1.807) is 13.8 Å². The lowest BCUT2D eigenvalue weighted by atomic mass is 10.1. The minimum Gasteiger partial charge on any atom is -0.480 e. The van der Waals surface area contributed by atoms with Gasteiger partial charge in [-0.2, -0.15) is 18.4 Å². The second kappa shape index (κ2) is 8.58. The summed E-state index contributed by atoms with van der Waals surface area (Å²) in [7, 11) is 0. The Bertz CT molecular complexity index is 827. The number of hydrogen-bond acceptors (Lipinski definition) is 3. The maximum atomic E-state index is 13.1. The molecule has 0 spiro atoms. The number of rotatable bonds is 6. The second-order valence-electron chi connectivity index (χ2n) is 6.30. The van der Waals surface area contributed by atoms with Crippen LogP contribution in [-0.4, -0.2) is 12.0 Å². The van der Waals surface area contributed by atoms with E-state index in [-0.39, 0.29) is 18.2 Å². The van der Waals surface area contributed by atoms with E-state index in [4.69, 9.17) is 10.00 Å². The molecule has 142 valence electrons. The van der Waals surface area contributed by atoms with Gasteiger partial charge in [0.1, 0.15) is 5.75 Å². The van der Waals surface area contributed by atoms with Crippen molar-refractivity contribution >= 4 is 5.91 Å². The van der Waals surface area contributed by atoms with Crippen molar-refractivity contribution in [2.45, 2.75) is 32.7 Å². The lowest BCUT2D eigenvalue weighted by molar-refractivity contribution is -0.137. The predicted octanol–water partition coefficient (Wildman–Crippen LogP) is 4.30. The van der Waals surface area contributed by atoms with E-state index >= 15 is 0 Å². The van der Waals surface area contributed by atoms with Gasteiger partial charge in [-0.25, -0.2) is 0 Å². The number of hydrogen-bond donors (Lipinski definition) is 1. The fourth-order valence-electron chi connectivity index (χ4n) is 2.45. The van der Waals surface area contributed by atoms with Crippen LogP contribution >= 0.6 is 0 Å². The number of carbonyl (C=O) groups excluding carboxylic acids is 1. The highest BCUT2D eigenvalue weighted by Gasteiger charge is 2.34. The molecule has 27 heavy (non-hydrogen) atoms. The SMILES string of the molecule is CC(C)C(Oc1ccc(C#N)c(C(F)(F)F)c1)C(=O)NCc1ccccc1. The van der Waals surface area contributed by atoms with Crippen molar-refractivity contribution < 1.29 is 22.7 Å². The molecule has 0 radical (unpaired) electrons. The molecule has 0 fully saturated rings. The Labute approximate surface area is 155 Å².